The monoisotopic (exact) mass is 458 g/mol. The van der Waals surface area contributed by atoms with Gasteiger partial charge in [-0.2, -0.15) is 13.2 Å². The number of benzene rings is 2. The van der Waals surface area contributed by atoms with Crippen molar-refractivity contribution in [3.8, 4) is 0 Å². The molecule has 4 nitrogen and oxygen atoms in total. The molecule has 0 saturated heterocycles. The van der Waals surface area contributed by atoms with Crippen LogP contribution in [0.4, 0.5) is 13.2 Å². The molecule has 0 radical (unpaired) electrons. The van der Waals surface area contributed by atoms with Gasteiger partial charge in [0.1, 0.15) is 5.76 Å². The Kier molecular flexibility index (Phi) is 7.97. The van der Waals surface area contributed by atoms with Crippen LogP contribution in [0.5, 0.6) is 0 Å². The number of halogens is 3. The highest BCUT2D eigenvalue weighted by Crippen LogP contribution is 2.29. The first-order valence-corrected chi connectivity index (χ1v) is 10.9. The fraction of sp³-hybridized carbons (Fsp3) is 0.346. The number of carbonyl (C=O) groups excluding carboxylic acids is 1. The topological polar surface area (TPSA) is 45.5 Å². The average Bonchev–Trinajstić information content (AvgIpc) is 3.22. The predicted molar refractivity (Wildman–Crippen MR) is 121 cm³/mol. The Morgan fingerprint density at radius 2 is 1.48 bits per heavy atom. The van der Waals surface area contributed by atoms with Crippen LogP contribution >= 0.6 is 0 Å². The molecule has 2 aromatic carbocycles. The number of amides is 1. The Morgan fingerprint density at radius 3 is 2.06 bits per heavy atom. The SMILES string of the molecule is CC(C)C(C)NC(=O)c1ccc(CN(Cc2ccccc2)Cc2ccc(C(F)(F)F)cc2)o1. The lowest BCUT2D eigenvalue weighted by atomic mass is 10.1. The second-order valence-corrected chi connectivity index (χ2v) is 8.60. The summed E-state index contributed by atoms with van der Waals surface area (Å²) in [6.07, 6.45) is -4.36. The van der Waals surface area contributed by atoms with Crippen LogP contribution in [0.1, 0.15) is 53.8 Å². The van der Waals surface area contributed by atoms with Crippen molar-refractivity contribution in [2.24, 2.45) is 5.92 Å². The lowest BCUT2D eigenvalue weighted by Gasteiger charge is -2.22. The van der Waals surface area contributed by atoms with Crippen molar-refractivity contribution in [2.75, 3.05) is 0 Å². The van der Waals surface area contributed by atoms with E-state index in [0.29, 0.717) is 31.3 Å². The number of nitrogens with one attached hydrogen (secondary N) is 1. The van der Waals surface area contributed by atoms with Gasteiger partial charge in [-0.15, -0.1) is 0 Å². The number of alkyl halides is 3. The van der Waals surface area contributed by atoms with Crippen molar-refractivity contribution < 1.29 is 22.4 Å². The Morgan fingerprint density at radius 1 is 0.879 bits per heavy atom. The van der Waals surface area contributed by atoms with Gasteiger partial charge in [0, 0.05) is 19.1 Å². The van der Waals surface area contributed by atoms with Crippen molar-refractivity contribution in [3.63, 3.8) is 0 Å². The lowest BCUT2D eigenvalue weighted by molar-refractivity contribution is -0.137. The van der Waals surface area contributed by atoms with E-state index in [1.165, 1.54) is 12.1 Å². The summed E-state index contributed by atoms with van der Waals surface area (Å²) in [5.41, 5.74) is 1.16. The maximum absolute atomic E-state index is 12.9. The molecule has 1 aromatic heterocycles. The smallest absolute Gasteiger partial charge is 0.416 e. The zero-order valence-corrected chi connectivity index (χ0v) is 19.0. The Balaban J connectivity index is 1.74. The summed E-state index contributed by atoms with van der Waals surface area (Å²) in [4.78, 5) is 14.5. The molecule has 0 saturated carbocycles. The standard InChI is InChI=1S/C26H29F3N2O2/c1-18(2)19(3)30-25(32)24-14-13-23(33-24)17-31(15-20-7-5-4-6-8-20)16-21-9-11-22(12-10-21)26(27,28)29/h4-14,18-19H,15-17H2,1-3H3,(H,30,32). The second-order valence-electron chi connectivity index (χ2n) is 8.60. The molecule has 0 aliphatic carbocycles. The maximum atomic E-state index is 12.9. The van der Waals surface area contributed by atoms with E-state index in [9.17, 15) is 18.0 Å². The molecule has 1 atom stereocenters. The molecule has 0 fully saturated rings. The van der Waals surface area contributed by atoms with Crippen LogP contribution in [0.25, 0.3) is 0 Å². The fourth-order valence-corrected chi connectivity index (χ4v) is 3.32. The Labute approximate surface area is 192 Å². The van der Waals surface area contributed by atoms with Gasteiger partial charge in [-0.05, 0) is 48.2 Å². The minimum Gasteiger partial charge on any atom is -0.455 e. The molecule has 0 bridgehead atoms. The normalized spacial score (nSPS) is 12.8. The summed E-state index contributed by atoms with van der Waals surface area (Å²) < 4.78 is 44.5. The van der Waals surface area contributed by atoms with Crippen molar-refractivity contribution in [3.05, 3.63) is 94.9 Å². The van der Waals surface area contributed by atoms with Crippen LogP contribution in [-0.4, -0.2) is 16.8 Å². The molecule has 0 spiro atoms. The van der Waals surface area contributed by atoms with E-state index in [0.717, 1.165) is 23.3 Å². The van der Waals surface area contributed by atoms with Crippen molar-refractivity contribution >= 4 is 5.91 Å². The third-order valence-corrected chi connectivity index (χ3v) is 5.56. The van der Waals surface area contributed by atoms with Gasteiger partial charge in [-0.3, -0.25) is 9.69 Å². The highest BCUT2D eigenvalue weighted by Gasteiger charge is 2.30. The number of furan rings is 1. The van der Waals surface area contributed by atoms with Crippen LogP contribution in [0.3, 0.4) is 0 Å². The summed E-state index contributed by atoms with van der Waals surface area (Å²) in [5.74, 6) is 0.889. The highest BCUT2D eigenvalue weighted by atomic mass is 19.4. The average molecular weight is 459 g/mol. The summed E-state index contributed by atoms with van der Waals surface area (Å²) in [5, 5.41) is 2.92. The van der Waals surface area contributed by atoms with E-state index in [-0.39, 0.29) is 17.7 Å². The van der Waals surface area contributed by atoms with Crippen LogP contribution < -0.4 is 5.32 Å². The number of hydrogen-bond acceptors (Lipinski definition) is 3. The van der Waals surface area contributed by atoms with Crippen LogP contribution in [0.15, 0.2) is 71.1 Å². The van der Waals surface area contributed by atoms with E-state index >= 15 is 0 Å². The molecule has 7 heteroatoms. The number of rotatable bonds is 9. The van der Waals surface area contributed by atoms with E-state index < -0.39 is 11.7 Å². The third-order valence-electron chi connectivity index (χ3n) is 5.56. The first-order valence-electron chi connectivity index (χ1n) is 10.9. The van der Waals surface area contributed by atoms with E-state index in [4.69, 9.17) is 4.42 Å². The molecule has 33 heavy (non-hydrogen) atoms. The van der Waals surface area contributed by atoms with E-state index in [2.05, 4.69) is 10.2 Å². The van der Waals surface area contributed by atoms with Gasteiger partial charge in [-0.25, -0.2) is 0 Å². The Hall–Kier alpha value is -3.06. The predicted octanol–water partition coefficient (Wildman–Crippen LogP) is 6.28. The van der Waals surface area contributed by atoms with Gasteiger partial charge in [0.05, 0.1) is 12.1 Å². The first-order chi connectivity index (χ1) is 15.6. The number of nitrogens with zero attached hydrogens (tertiary/aromatic N) is 1. The molecule has 0 aliphatic rings. The number of hydrogen-bond donors (Lipinski definition) is 1. The lowest BCUT2D eigenvalue weighted by Crippen LogP contribution is -2.35. The minimum atomic E-state index is -4.36. The summed E-state index contributed by atoms with van der Waals surface area (Å²) in [6, 6.07) is 18.4. The third kappa shape index (κ3) is 7.22. The zero-order valence-electron chi connectivity index (χ0n) is 19.0. The molecule has 1 unspecified atom stereocenters. The summed E-state index contributed by atoms with van der Waals surface area (Å²) >= 11 is 0. The quantitative estimate of drug-likeness (QED) is 0.411. The molecular weight excluding hydrogens is 429 g/mol. The largest absolute Gasteiger partial charge is 0.455 e. The number of carbonyl (C=O) groups is 1. The van der Waals surface area contributed by atoms with Crippen molar-refractivity contribution in [2.45, 2.75) is 52.6 Å². The molecule has 1 heterocycles. The molecule has 3 aromatic rings. The van der Waals surface area contributed by atoms with E-state index in [1.54, 1.807) is 12.1 Å². The van der Waals surface area contributed by atoms with E-state index in [1.807, 2.05) is 51.1 Å². The fourth-order valence-electron chi connectivity index (χ4n) is 3.32. The molecule has 176 valence electrons. The summed E-state index contributed by atoms with van der Waals surface area (Å²) in [7, 11) is 0. The van der Waals surface area contributed by atoms with Gasteiger partial charge in [0.2, 0.25) is 0 Å². The summed E-state index contributed by atoms with van der Waals surface area (Å²) in [6.45, 7) is 7.41. The first kappa shape index (κ1) is 24.6. The van der Waals surface area contributed by atoms with Crippen LogP contribution in [0, 0.1) is 5.92 Å². The van der Waals surface area contributed by atoms with Crippen molar-refractivity contribution in [1.82, 2.24) is 10.2 Å². The Bertz CT molecular complexity index is 1030. The molecule has 1 amide bonds. The van der Waals surface area contributed by atoms with Crippen LogP contribution in [-0.2, 0) is 25.8 Å². The van der Waals surface area contributed by atoms with Gasteiger partial charge in [0.15, 0.2) is 5.76 Å². The van der Waals surface area contributed by atoms with Crippen LogP contribution in [0.2, 0.25) is 0 Å². The van der Waals surface area contributed by atoms with Gasteiger partial charge < -0.3 is 9.73 Å². The molecular formula is C26H29F3N2O2. The molecule has 1 N–H and O–H groups in total. The zero-order chi connectivity index (χ0) is 24.0. The highest BCUT2D eigenvalue weighted by molar-refractivity contribution is 5.91. The molecule has 0 aliphatic heterocycles. The maximum Gasteiger partial charge on any atom is 0.416 e. The van der Waals surface area contributed by atoms with Gasteiger partial charge in [0.25, 0.3) is 5.91 Å². The minimum absolute atomic E-state index is 0.0142. The molecule has 3 rings (SSSR count). The van der Waals surface area contributed by atoms with Gasteiger partial charge in [-0.1, -0.05) is 56.3 Å². The second kappa shape index (κ2) is 10.7. The van der Waals surface area contributed by atoms with Crippen molar-refractivity contribution in [1.29, 1.82) is 0 Å². The van der Waals surface area contributed by atoms with Gasteiger partial charge >= 0.3 is 6.18 Å².